The molecule has 0 aliphatic heterocycles. The van der Waals surface area contributed by atoms with Crippen molar-refractivity contribution in [1.82, 2.24) is 15.0 Å². The lowest BCUT2D eigenvalue weighted by molar-refractivity contribution is 0.287. The molecule has 0 bridgehead atoms. The monoisotopic (exact) mass is 419 g/mol. The van der Waals surface area contributed by atoms with Gasteiger partial charge in [-0.3, -0.25) is 4.98 Å². The van der Waals surface area contributed by atoms with Gasteiger partial charge in [-0.25, -0.2) is 4.98 Å². The Bertz CT molecular complexity index is 1450. The van der Waals surface area contributed by atoms with Crippen LogP contribution in [-0.4, -0.2) is 27.6 Å². The average molecular weight is 419 g/mol. The van der Waals surface area contributed by atoms with Crippen LogP contribution in [-0.2, 0) is 6.42 Å². The summed E-state index contributed by atoms with van der Waals surface area (Å²) in [7, 11) is 0. The molecule has 6 nitrogen and oxygen atoms in total. The van der Waals surface area contributed by atoms with Crippen molar-refractivity contribution in [1.29, 1.82) is 5.26 Å². The SMILES string of the molecule is N#Cc1cc2cc(-c3cncc(OC[C@@H](N)Cc4c[nH]c5ccccc45)c3)ccc2cn1. The maximum absolute atomic E-state index is 9.11. The summed E-state index contributed by atoms with van der Waals surface area (Å²) in [4.78, 5) is 11.7. The summed E-state index contributed by atoms with van der Waals surface area (Å²) in [5.41, 5.74) is 11.0. The van der Waals surface area contributed by atoms with Crippen LogP contribution in [0.5, 0.6) is 5.75 Å². The van der Waals surface area contributed by atoms with Gasteiger partial charge < -0.3 is 15.5 Å². The lowest BCUT2D eigenvalue weighted by Crippen LogP contribution is -2.30. The number of nitrogens with one attached hydrogen (secondary N) is 1. The summed E-state index contributed by atoms with van der Waals surface area (Å²) in [6.45, 7) is 0.388. The number of pyridine rings is 2. The molecule has 0 radical (unpaired) electrons. The third kappa shape index (κ3) is 4.02. The largest absolute Gasteiger partial charge is 0.490 e. The predicted octanol–water partition coefficient (Wildman–Crippen LogP) is 4.60. The summed E-state index contributed by atoms with van der Waals surface area (Å²) in [5.74, 6) is 0.671. The van der Waals surface area contributed by atoms with E-state index in [2.05, 4.69) is 33.2 Å². The van der Waals surface area contributed by atoms with Gasteiger partial charge in [0.25, 0.3) is 0 Å². The van der Waals surface area contributed by atoms with Crippen LogP contribution >= 0.6 is 0 Å². The first-order valence-electron chi connectivity index (χ1n) is 10.4. The van der Waals surface area contributed by atoms with Crippen LogP contribution in [0.1, 0.15) is 11.3 Å². The van der Waals surface area contributed by atoms with Crippen molar-refractivity contribution >= 4 is 21.7 Å². The van der Waals surface area contributed by atoms with Gasteiger partial charge in [-0.05, 0) is 47.2 Å². The molecule has 0 aliphatic rings. The highest BCUT2D eigenvalue weighted by molar-refractivity contribution is 5.87. The van der Waals surface area contributed by atoms with E-state index in [4.69, 9.17) is 15.7 Å². The standard InChI is InChI=1S/C26H21N5O/c27-11-23-9-19-7-17(5-6-18(19)13-30-23)20-10-24(15-29-12-20)32-16-22(28)8-21-14-31-26-4-2-1-3-25(21)26/h1-7,9-10,12-15,22,31H,8,16,28H2/t22-/m0/s1. The molecule has 0 saturated heterocycles. The lowest BCUT2D eigenvalue weighted by Gasteiger charge is -2.13. The van der Waals surface area contributed by atoms with Gasteiger partial charge in [0.2, 0.25) is 0 Å². The number of benzene rings is 2. The Kier molecular flexibility index (Phi) is 5.24. The number of H-pyrrole nitrogens is 1. The molecular weight excluding hydrogens is 398 g/mol. The third-order valence-electron chi connectivity index (χ3n) is 5.50. The quantitative estimate of drug-likeness (QED) is 0.419. The smallest absolute Gasteiger partial charge is 0.141 e. The molecule has 6 heteroatoms. The number of hydrogen-bond acceptors (Lipinski definition) is 5. The number of hydrogen-bond donors (Lipinski definition) is 2. The number of fused-ring (bicyclic) bond motifs is 2. The maximum Gasteiger partial charge on any atom is 0.141 e. The predicted molar refractivity (Wildman–Crippen MR) is 125 cm³/mol. The topological polar surface area (TPSA) is 101 Å². The van der Waals surface area contributed by atoms with Gasteiger partial charge in [0.15, 0.2) is 0 Å². The number of aromatic amines is 1. The van der Waals surface area contributed by atoms with Crippen LogP contribution in [0.3, 0.4) is 0 Å². The Labute approximate surface area is 185 Å². The van der Waals surface area contributed by atoms with Gasteiger partial charge in [-0.2, -0.15) is 5.26 Å². The Hall–Kier alpha value is -4.21. The second kappa shape index (κ2) is 8.50. The highest BCUT2D eigenvalue weighted by atomic mass is 16.5. The van der Waals surface area contributed by atoms with Gasteiger partial charge in [0, 0.05) is 46.5 Å². The van der Waals surface area contributed by atoms with Crippen LogP contribution in [0.4, 0.5) is 0 Å². The fourth-order valence-electron chi connectivity index (χ4n) is 3.88. The van der Waals surface area contributed by atoms with Crippen LogP contribution in [0, 0.1) is 11.3 Å². The molecule has 0 unspecified atom stereocenters. The molecule has 3 aromatic heterocycles. The van der Waals surface area contributed by atoms with E-state index in [1.807, 2.05) is 42.6 Å². The number of para-hydroxylation sites is 1. The number of nitrogens with zero attached hydrogens (tertiary/aromatic N) is 3. The van der Waals surface area contributed by atoms with E-state index >= 15 is 0 Å². The number of aromatic nitrogens is 3. The Morgan fingerprint density at radius 2 is 1.91 bits per heavy atom. The van der Waals surface area contributed by atoms with Gasteiger partial charge in [-0.1, -0.05) is 30.3 Å². The summed E-state index contributed by atoms with van der Waals surface area (Å²) in [6, 6.07) is 19.9. The zero-order valence-corrected chi connectivity index (χ0v) is 17.3. The van der Waals surface area contributed by atoms with Gasteiger partial charge in [-0.15, -0.1) is 0 Å². The number of rotatable bonds is 6. The van der Waals surface area contributed by atoms with Crippen molar-refractivity contribution in [2.75, 3.05) is 6.61 Å². The summed E-state index contributed by atoms with van der Waals surface area (Å²) in [6.07, 6.45) is 7.94. The second-order valence-corrected chi connectivity index (χ2v) is 7.79. The van der Waals surface area contributed by atoms with Gasteiger partial charge in [0.05, 0.1) is 6.20 Å². The minimum absolute atomic E-state index is 0.143. The van der Waals surface area contributed by atoms with Gasteiger partial charge in [0.1, 0.15) is 24.1 Å². The molecule has 5 aromatic rings. The molecule has 0 amide bonds. The van der Waals surface area contributed by atoms with Crippen LogP contribution in [0.2, 0.25) is 0 Å². The minimum atomic E-state index is -0.143. The molecule has 3 N–H and O–H groups in total. The normalized spacial score (nSPS) is 12.0. The first kappa shape index (κ1) is 19.7. The fraction of sp³-hybridized carbons (Fsp3) is 0.115. The minimum Gasteiger partial charge on any atom is -0.490 e. The van der Waals surface area contributed by atoms with E-state index in [1.165, 1.54) is 10.9 Å². The number of nitrogens with two attached hydrogens (primary N) is 1. The maximum atomic E-state index is 9.11. The molecule has 2 aromatic carbocycles. The second-order valence-electron chi connectivity index (χ2n) is 7.79. The number of nitriles is 1. The van der Waals surface area contributed by atoms with E-state index < -0.39 is 0 Å². The van der Waals surface area contributed by atoms with Crippen LogP contribution < -0.4 is 10.5 Å². The van der Waals surface area contributed by atoms with Crippen molar-refractivity contribution in [3.05, 3.63) is 90.6 Å². The molecule has 156 valence electrons. The Morgan fingerprint density at radius 1 is 1.00 bits per heavy atom. The van der Waals surface area contributed by atoms with E-state index in [0.29, 0.717) is 18.1 Å². The molecule has 0 aliphatic carbocycles. The van der Waals surface area contributed by atoms with Crippen molar-refractivity contribution in [3.8, 4) is 22.9 Å². The third-order valence-corrected chi connectivity index (χ3v) is 5.50. The van der Waals surface area contributed by atoms with E-state index in [0.717, 1.165) is 33.8 Å². The van der Waals surface area contributed by atoms with Crippen molar-refractivity contribution in [3.63, 3.8) is 0 Å². The lowest BCUT2D eigenvalue weighted by atomic mass is 10.0. The fourth-order valence-corrected chi connectivity index (χ4v) is 3.88. The molecule has 0 spiro atoms. The Morgan fingerprint density at radius 3 is 2.81 bits per heavy atom. The zero-order valence-electron chi connectivity index (χ0n) is 17.3. The average Bonchev–Trinajstić information content (AvgIpc) is 3.25. The van der Waals surface area contributed by atoms with E-state index in [1.54, 1.807) is 24.7 Å². The molecule has 1 atom stereocenters. The van der Waals surface area contributed by atoms with E-state index in [9.17, 15) is 0 Å². The van der Waals surface area contributed by atoms with Crippen molar-refractivity contribution < 1.29 is 4.74 Å². The van der Waals surface area contributed by atoms with Crippen LogP contribution in [0.25, 0.3) is 32.8 Å². The number of ether oxygens (including phenoxy) is 1. The van der Waals surface area contributed by atoms with Gasteiger partial charge >= 0.3 is 0 Å². The van der Waals surface area contributed by atoms with Crippen molar-refractivity contribution in [2.24, 2.45) is 5.73 Å². The molecular formula is C26H21N5O. The molecule has 0 fully saturated rings. The molecule has 0 saturated carbocycles. The van der Waals surface area contributed by atoms with Crippen LogP contribution in [0.15, 0.2) is 79.4 Å². The summed E-state index contributed by atoms with van der Waals surface area (Å²) >= 11 is 0. The van der Waals surface area contributed by atoms with E-state index in [-0.39, 0.29) is 6.04 Å². The van der Waals surface area contributed by atoms with Crippen molar-refractivity contribution in [2.45, 2.75) is 12.5 Å². The Balaban J connectivity index is 1.30. The first-order chi connectivity index (χ1) is 15.7. The zero-order chi connectivity index (χ0) is 21.9. The molecule has 5 rings (SSSR count). The highest BCUT2D eigenvalue weighted by Crippen LogP contribution is 2.27. The molecule has 32 heavy (non-hydrogen) atoms. The summed E-state index contributed by atoms with van der Waals surface area (Å²) < 4.78 is 5.96. The highest BCUT2D eigenvalue weighted by Gasteiger charge is 2.10. The molecule has 3 heterocycles. The summed E-state index contributed by atoms with van der Waals surface area (Å²) in [5, 5.41) is 12.2. The first-order valence-corrected chi connectivity index (χ1v) is 10.4.